The first kappa shape index (κ1) is 16.7. The van der Waals surface area contributed by atoms with Gasteiger partial charge in [0.1, 0.15) is 18.1 Å². The van der Waals surface area contributed by atoms with Crippen LogP contribution in [-0.4, -0.2) is 46.1 Å². The molecule has 0 radical (unpaired) electrons. The normalized spacial score (nSPS) is 11.6. The van der Waals surface area contributed by atoms with Crippen LogP contribution in [-0.2, 0) is 10.2 Å². The highest BCUT2D eigenvalue weighted by atomic mass is 32.2. The van der Waals surface area contributed by atoms with E-state index in [2.05, 4.69) is 4.72 Å². The smallest absolute Gasteiger partial charge is 0.279 e. The van der Waals surface area contributed by atoms with E-state index in [4.69, 9.17) is 9.47 Å². The van der Waals surface area contributed by atoms with Gasteiger partial charge in [0.2, 0.25) is 0 Å². The van der Waals surface area contributed by atoms with E-state index in [1.54, 1.807) is 45.2 Å². The molecular formula is C13H22N2O4S. The average Bonchev–Trinajstić information content (AvgIpc) is 2.45. The topological polar surface area (TPSA) is 67.9 Å². The Hall–Kier alpha value is -1.31. The van der Waals surface area contributed by atoms with Crippen LogP contribution in [0.4, 0.5) is 0 Å². The molecule has 0 bridgehead atoms. The van der Waals surface area contributed by atoms with Crippen molar-refractivity contribution in [2.45, 2.75) is 13.8 Å². The van der Waals surface area contributed by atoms with E-state index >= 15 is 0 Å². The molecule has 1 aromatic carbocycles. The van der Waals surface area contributed by atoms with Gasteiger partial charge in [-0.05, 0) is 24.3 Å². The summed E-state index contributed by atoms with van der Waals surface area (Å²) in [5, 5.41) is 0. The predicted molar refractivity (Wildman–Crippen MR) is 78.3 cm³/mol. The fourth-order valence-corrected chi connectivity index (χ4v) is 2.87. The maximum absolute atomic E-state index is 11.8. The summed E-state index contributed by atoms with van der Waals surface area (Å²) < 4.78 is 38.0. The molecular weight excluding hydrogens is 280 g/mol. The summed E-state index contributed by atoms with van der Waals surface area (Å²) in [6.07, 6.45) is 0. The van der Waals surface area contributed by atoms with Crippen LogP contribution in [0, 0.1) is 0 Å². The first-order valence-corrected chi connectivity index (χ1v) is 7.99. The van der Waals surface area contributed by atoms with E-state index in [1.807, 2.05) is 0 Å². The summed E-state index contributed by atoms with van der Waals surface area (Å²) in [6, 6.07) is 7.13. The Kier molecular flexibility index (Phi) is 6.77. The lowest BCUT2D eigenvalue weighted by atomic mass is 10.3. The number of hydrogen-bond donors (Lipinski definition) is 1. The molecule has 0 fully saturated rings. The van der Waals surface area contributed by atoms with Gasteiger partial charge in [0, 0.05) is 19.6 Å². The Morgan fingerprint density at radius 2 is 1.65 bits per heavy atom. The minimum absolute atomic E-state index is 0.227. The van der Waals surface area contributed by atoms with Crippen molar-refractivity contribution in [2.24, 2.45) is 0 Å². The Morgan fingerprint density at radius 1 is 1.10 bits per heavy atom. The molecule has 20 heavy (non-hydrogen) atoms. The number of benzene rings is 1. The van der Waals surface area contributed by atoms with E-state index in [0.717, 1.165) is 5.75 Å². The molecule has 7 heteroatoms. The van der Waals surface area contributed by atoms with E-state index in [9.17, 15) is 8.42 Å². The highest BCUT2D eigenvalue weighted by Gasteiger charge is 2.17. The van der Waals surface area contributed by atoms with Gasteiger partial charge in [-0.2, -0.15) is 17.4 Å². The first-order chi connectivity index (χ1) is 9.53. The summed E-state index contributed by atoms with van der Waals surface area (Å²) in [5.74, 6) is 1.42. The molecule has 1 rings (SSSR count). The van der Waals surface area contributed by atoms with Gasteiger partial charge in [-0.3, -0.25) is 0 Å². The largest absolute Gasteiger partial charge is 0.497 e. The quantitative estimate of drug-likeness (QED) is 0.697. The third-order valence-electron chi connectivity index (χ3n) is 2.76. The number of nitrogens with one attached hydrogen (secondary N) is 1. The van der Waals surface area contributed by atoms with Crippen molar-refractivity contribution >= 4 is 10.2 Å². The number of methoxy groups -OCH3 is 1. The highest BCUT2D eigenvalue weighted by molar-refractivity contribution is 7.87. The average molecular weight is 302 g/mol. The summed E-state index contributed by atoms with van der Waals surface area (Å²) in [5.41, 5.74) is 0. The van der Waals surface area contributed by atoms with Gasteiger partial charge >= 0.3 is 0 Å². The number of nitrogens with zero attached hydrogens (tertiary/aromatic N) is 1. The molecule has 0 spiro atoms. The number of ether oxygens (including phenoxy) is 2. The van der Waals surface area contributed by atoms with Crippen molar-refractivity contribution in [3.05, 3.63) is 24.3 Å². The molecule has 0 saturated carbocycles. The van der Waals surface area contributed by atoms with Gasteiger partial charge < -0.3 is 9.47 Å². The lowest BCUT2D eigenvalue weighted by molar-refractivity contribution is 0.319. The Morgan fingerprint density at radius 3 is 2.15 bits per heavy atom. The van der Waals surface area contributed by atoms with Crippen molar-refractivity contribution < 1.29 is 17.9 Å². The maximum Gasteiger partial charge on any atom is 0.279 e. The highest BCUT2D eigenvalue weighted by Crippen LogP contribution is 2.16. The molecule has 114 valence electrons. The predicted octanol–water partition coefficient (Wildman–Crippen LogP) is 1.25. The summed E-state index contributed by atoms with van der Waals surface area (Å²) in [4.78, 5) is 0. The second-order valence-corrected chi connectivity index (χ2v) is 5.76. The van der Waals surface area contributed by atoms with Gasteiger partial charge in [0.25, 0.3) is 10.2 Å². The van der Waals surface area contributed by atoms with Gasteiger partial charge in [0.05, 0.1) is 7.11 Å². The summed E-state index contributed by atoms with van der Waals surface area (Å²) in [7, 11) is -1.81. The van der Waals surface area contributed by atoms with Gasteiger partial charge in [0.15, 0.2) is 0 Å². The van der Waals surface area contributed by atoms with Crippen LogP contribution >= 0.6 is 0 Å². The molecule has 0 aliphatic heterocycles. The monoisotopic (exact) mass is 302 g/mol. The van der Waals surface area contributed by atoms with Gasteiger partial charge in [-0.25, -0.2) is 0 Å². The zero-order valence-corrected chi connectivity index (χ0v) is 12.9. The van der Waals surface area contributed by atoms with Crippen LogP contribution in [0.5, 0.6) is 11.5 Å². The zero-order chi connectivity index (χ0) is 15.0. The molecule has 0 amide bonds. The Labute approximate surface area is 120 Å². The van der Waals surface area contributed by atoms with Crippen LogP contribution in [0.25, 0.3) is 0 Å². The van der Waals surface area contributed by atoms with Crippen molar-refractivity contribution in [3.63, 3.8) is 0 Å². The van der Waals surface area contributed by atoms with E-state index < -0.39 is 10.2 Å². The van der Waals surface area contributed by atoms with Crippen LogP contribution in [0.15, 0.2) is 24.3 Å². The second kappa shape index (κ2) is 8.08. The van der Waals surface area contributed by atoms with Crippen molar-refractivity contribution in [1.29, 1.82) is 0 Å². The van der Waals surface area contributed by atoms with E-state index in [0.29, 0.717) is 18.8 Å². The summed E-state index contributed by atoms with van der Waals surface area (Å²) >= 11 is 0. The Bertz CT molecular complexity index is 484. The number of hydrogen-bond acceptors (Lipinski definition) is 4. The fraction of sp³-hybridized carbons (Fsp3) is 0.538. The molecule has 0 saturated heterocycles. The molecule has 0 aromatic heterocycles. The summed E-state index contributed by atoms with van der Waals surface area (Å²) in [6.45, 7) is 5.00. The van der Waals surface area contributed by atoms with Crippen LogP contribution < -0.4 is 14.2 Å². The van der Waals surface area contributed by atoms with Gasteiger partial charge in [-0.1, -0.05) is 13.8 Å². The fourth-order valence-electron chi connectivity index (χ4n) is 1.67. The minimum atomic E-state index is -3.40. The van der Waals surface area contributed by atoms with E-state index in [1.165, 1.54) is 4.31 Å². The zero-order valence-electron chi connectivity index (χ0n) is 12.1. The third-order valence-corrected chi connectivity index (χ3v) is 4.53. The molecule has 1 aromatic rings. The van der Waals surface area contributed by atoms with Crippen LogP contribution in [0.3, 0.4) is 0 Å². The third kappa shape index (κ3) is 4.99. The van der Waals surface area contributed by atoms with Crippen LogP contribution in [0.2, 0.25) is 0 Å². The minimum Gasteiger partial charge on any atom is -0.497 e. The molecule has 0 heterocycles. The van der Waals surface area contributed by atoms with Gasteiger partial charge in [-0.15, -0.1) is 0 Å². The van der Waals surface area contributed by atoms with Crippen molar-refractivity contribution in [1.82, 2.24) is 9.03 Å². The molecule has 0 aliphatic carbocycles. The first-order valence-electron chi connectivity index (χ1n) is 6.55. The maximum atomic E-state index is 11.8. The van der Waals surface area contributed by atoms with Crippen molar-refractivity contribution in [2.75, 3.05) is 33.4 Å². The molecule has 0 aliphatic rings. The molecule has 0 atom stereocenters. The van der Waals surface area contributed by atoms with E-state index in [-0.39, 0.29) is 13.2 Å². The van der Waals surface area contributed by atoms with Crippen molar-refractivity contribution in [3.8, 4) is 11.5 Å². The SMILES string of the molecule is CCN(CC)S(=O)(=O)NCCOc1ccc(OC)cc1. The Balaban J connectivity index is 2.37. The molecule has 6 nitrogen and oxygen atoms in total. The van der Waals surface area contributed by atoms with Crippen LogP contribution in [0.1, 0.15) is 13.8 Å². The lowest BCUT2D eigenvalue weighted by Gasteiger charge is -2.18. The number of rotatable bonds is 9. The molecule has 0 unspecified atom stereocenters. The second-order valence-electron chi connectivity index (χ2n) is 4.01. The lowest BCUT2D eigenvalue weighted by Crippen LogP contribution is -2.41. The molecule has 1 N–H and O–H groups in total. The standard InChI is InChI=1S/C13H22N2O4S/c1-4-15(5-2)20(16,17)14-10-11-19-13-8-6-12(18-3)7-9-13/h6-9,14H,4-5,10-11H2,1-3H3.